The van der Waals surface area contributed by atoms with Gasteiger partial charge in [0.2, 0.25) is 0 Å². The molecule has 5 nitrogen and oxygen atoms in total. The molecule has 0 saturated heterocycles. The van der Waals surface area contributed by atoms with E-state index in [0.29, 0.717) is 36.9 Å². The van der Waals surface area contributed by atoms with Gasteiger partial charge in [-0.05, 0) is 72.7 Å². The molecule has 1 aliphatic heterocycles. The summed E-state index contributed by atoms with van der Waals surface area (Å²) in [7, 11) is 0. The van der Waals surface area contributed by atoms with Crippen LogP contribution in [0.5, 0.6) is 0 Å². The van der Waals surface area contributed by atoms with Crippen LogP contribution >= 0.6 is 38.9 Å². The second kappa shape index (κ2) is 9.97. The van der Waals surface area contributed by atoms with Gasteiger partial charge in [0, 0.05) is 15.2 Å². The Labute approximate surface area is 223 Å². The lowest BCUT2D eigenvalue weighted by Gasteiger charge is -2.25. The first-order valence-electron chi connectivity index (χ1n) is 10.9. The number of carbonyl (C=O) groups is 1. The molecule has 0 radical (unpaired) electrons. The number of amides is 1. The van der Waals surface area contributed by atoms with Crippen LogP contribution < -0.4 is 20.2 Å². The van der Waals surface area contributed by atoms with Gasteiger partial charge in [0.05, 0.1) is 21.8 Å². The molecule has 1 unspecified atom stereocenters. The Balaban J connectivity index is 1.65. The zero-order valence-corrected chi connectivity index (χ0v) is 22.0. The van der Waals surface area contributed by atoms with Gasteiger partial charge in [0.25, 0.3) is 11.5 Å². The van der Waals surface area contributed by atoms with Crippen molar-refractivity contribution in [2.45, 2.75) is 13.0 Å². The minimum atomic E-state index is -0.717. The molecule has 1 aliphatic rings. The van der Waals surface area contributed by atoms with E-state index in [1.165, 1.54) is 35.6 Å². The molecular weight excluding hydrogens is 565 g/mol. The number of hydrogen-bond acceptors (Lipinski definition) is 4. The predicted octanol–water partition coefficient (Wildman–Crippen LogP) is 5.43. The molecule has 5 rings (SSSR count). The molecule has 0 spiro atoms. The zero-order chi connectivity index (χ0) is 25.4. The molecule has 36 heavy (non-hydrogen) atoms. The zero-order valence-electron chi connectivity index (χ0n) is 18.8. The molecule has 4 aromatic rings. The summed E-state index contributed by atoms with van der Waals surface area (Å²) in [5.74, 6) is -0.830. The molecule has 1 atom stereocenters. The molecule has 3 aromatic carbocycles. The van der Waals surface area contributed by atoms with E-state index in [9.17, 15) is 14.0 Å². The maximum absolute atomic E-state index is 13.7. The average Bonchev–Trinajstić information content (AvgIpc) is 3.16. The highest BCUT2D eigenvalue weighted by atomic mass is 79.9. The van der Waals surface area contributed by atoms with Crippen molar-refractivity contribution < 1.29 is 9.18 Å². The van der Waals surface area contributed by atoms with Crippen molar-refractivity contribution >= 4 is 56.5 Å². The lowest BCUT2D eigenvalue weighted by Crippen LogP contribution is -2.40. The first-order chi connectivity index (χ1) is 17.3. The van der Waals surface area contributed by atoms with Crippen LogP contribution in [0.15, 0.2) is 98.3 Å². The van der Waals surface area contributed by atoms with Crippen LogP contribution in [0.1, 0.15) is 24.1 Å². The molecule has 0 bridgehead atoms. The van der Waals surface area contributed by atoms with Crippen LogP contribution in [-0.4, -0.2) is 10.5 Å². The molecule has 1 aromatic heterocycles. The normalized spacial score (nSPS) is 15.4. The van der Waals surface area contributed by atoms with Crippen molar-refractivity contribution in [2.24, 2.45) is 4.99 Å². The number of hydrogen-bond donors (Lipinski definition) is 1. The summed E-state index contributed by atoms with van der Waals surface area (Å²) in [5.41, 5.74) is 2.59. The predicted molar refractivity (Wildman–Crippen MR) is 144 cm³/mol. The number of rotatable bonds is 4. The monoisotopic (exact) mass is 581 g/mol. The van der Waals surface area contributed by atoms with Gasteiger partial charge in [-0.1, -0.05) is 63.1 Å². The number of thiazole rings is 1. The molecule has 0 fully saturated rings. The standard InChI is InChI=1S/C27H18BrClFN3O2S/c1-15-23(25(34)32-21-12-10-20(30)11-13-21)24(17-4-8-19(29)9-5-17)33-26(35)22(36-27(33)31-15)14-16-2-6-18(28)7-3-16/h2-14,24H,1H3,(H,32,34)/b22-14+. The lowest BCUT2D eigenvalue weighted by atomic mass is 9.95. The number of fused-ring (bicyclic) bond motifs is 1. The summed E-state index contributed by atoms with van der Waals surface area (Å²) in [5, 5.41) is 3.35. The number of aromatic nitrogens is 1. The fourth-order valence-corrected chi connectivity index (χ4v) is 5.45. The van der Waals surface area contributed by atoms with Crippen molar-refractivity contribution in [1.82, 2.24) is 4.57 Å². The number of carbonyl (C=O) groups excluding carboxylic acids is 1. The summed E-state index contributed by atoms with van der Waals surface area (Å²) in [4.78, 5) is 32.3. The number of nitrogens with one attached hydrogen (secondary N) is 1. The van der Waals surface area contributed by atoms with Crippen LogP contribution in [0.3, 0.4) is 0 Å². The molecular formula is C27H18BrClFN3O2S. The highest BCUT2D eigenvalue weighted by molar-refractivity contribution is 9.10. The van der Waals surface area contributed by atoms with Gasteiger partial charge in [-0.15, -0.1) is 0 Å². The van der Waals surface area contributed by atoms with E-state index in [-0.39, 0.29) is 5.56 Å². The van der Waals surface area contributed by atoms with Gasteiger partial charge in [0.15, 0.2) is 4.80 Å². The lowest BCUT2D eigenvalue weighted by molar-refractivity contribution is -0.113. The Bertz CT molecular complexity index is 1680. The highest BCUT2D eigenvalue weighted by Gasteiger charge is 2.32. The van der Waals surface area contributed by atoms with Crippen molar-refractivity contribution in [3.8, 4) is 0 Å². The number of allylic oxidation sites excluding steroid dienone is 1. The van der Waals surface area contributed by atoms with Crippen LogP contribution in [0, 0.1) is 5.82 Å². The Hall–Kier alpha value is -3.33. The number of halogens is 3. The van der Waals surface area contributed by atoms with Crippen LogP contribution in [0.4, 0.5) is 10.1 Å². The molecule has 180 valence electrons. The minimum Gasteiger partial charge on any atom is -0.322 e. The third-order valence-corrected chi connectivity index (χ3v) is 7.49. The maximum atomic E-state index is 13.7. The Morgan fingerprint density at radius 1 is 1.08 bits per heavy atom. The summed E-state index contributed by atoms with van der Waals surface area (Å²) in [6.07, 6.45) is 1.81. The number of nitrogens with zero attached hydrogens (tertiary/aromatic N) is 2. The van der Waals surface area contributed by atoms with E-state index in [0.717, 1.165) is 10.0 Å². The van der Waals surface area contributed by atoms with Gasteiger partial charge in [-0.2, -0.15) is 0 Å². The quantitative estimate of drug-likeness (QED) is 0.349. The average molecular weight is 583 g/mol. The van der Waals surface area contributed by atoms with E-state index in [2.05, 4.69) is 26.2 Å². The second-order valence-electron chi connectivity index (χ2n) is 8.15. The van der Waals surface area contributed by atoms with Gasteiger partial charge in [-0.25, -0.2) is 9.38 Å². The fourth-order valence-electron chi connectivity index (χ4n) is 4.01. The highest BCUT2D eigenvalue weighted by Crippen LogP contribution is 2.31. The maximum Gasteiger partial charge on any atom is 0.271 e. The van der Waals surface area contributed by atoms with E-state index in [1.807, 2.05) is 30.3 Å². The van der Waals surface area contributed by atoms with Gasteiger partial charge < -0.3 is 5.32 Å². The van der Waals surface area contributed by atoms with Crippen LogP contribution in [0.25, 0.3) is 6.08 Å². The molecule has 1 N–H and O–H groups in total. The number of benzene rings is 3. The fraction of sp³-hybridized carbons (Fsp3) is 0.0741. The van der Waals surface area contributed by atoms with E-state index >= 15 is 0 Å². The smallest absolute Gasteiger partial charge is 0.271 e. The van der Waals surface area contributed by atoms with E-state index in [4.69, 9.17) is 11.6 Å². The van der Waals surface area contributed by atoms with Crippen molar-refractivity contribution in [3.63, 3.8) is 0 Å². The van der Waals surface area contributed by atoms with Gasteiger partial charge in [-0.3, -0.25) is 14.2 Å². The van der Waals surface area contributed by atoms with E-state index < -0.39 is 17.8 Å². The Morgan fingerprint density at radius 3 is 2.42 bits per heavy atom. The van der Waals surface area contributed by atoms with Gasteiger partial charge in [0.1, 0.15) is 5.82 Å². The molecule has 0 saturated carbocycles. The van der Waals surface area contributed by atoms with Crippen molar-refractivity contribution in [1.29, 1.82) is 0 Å². The summed E-state index contributed by atoms with van der Waals surface area (Å²) in [6.45, 7) is 1.74. The SMILES string of the molecule is CC1=C(C(=O)Nc2ccc(F)cc2)C(c2ccc(Cl)cc2)n2c(s/c(=C/c3ccc(Br)cc3)c2=O)=N1. The number of anilines is 1. The molecule has 9 heteroatoms. The van der Waals surface area contributed by atoms with E-state index in [1.54, 1.807) is 35.8 Å². The third kappa shape index (κ3) is 4.84. The Kier molecular flexibility index (Phi) is 6.75. The van der Waals surface area contributed by atoms with Crippen LogP contribution in [0.2, 0.25) is 5.02 Å². The van der Waals surface area contributed by atoms with Gasteiger partial charge >= 0.3 is 0 Å². The second-order valence-corrected chi connectivity index (χ2v) is 10.5. The third-order valence-electron chi connectivity index (χ3n) is 5.72. The minimum absolute atomic E-state index is 0.249. The Morgan fingerprint density at radius 2 is 1.75 bits per heavy atom. The summed E-state index contributed by atoms with van der Waals surface area (Å²) < 4.78 is 16.3. The largest absolute Gasteiger partial charge is 0.322 e. The van der Waals surface area contributed by atoms with Crippen molar-refractivity contribution in [2.75, 3.05) is 5.32 Å². The molecule has 1 amide bonds. The topological polar surface area (TPSA) is 63.5 Å². The molecule has 2 heterocycles. The summed E-state index contributed by atoms with van der Waals surface area (Å²) in [6, 6.07) is 19.4. The van der Waals surface area contributed by atoms with Crippen LogP contribution in [-0.2, 0) is 4.79 Å². The molecule has 0 aliphatic carbocycles. The first kappa shape index (κ1) is 24.4. The van der Waals surface area contributed by atoms with Crippen molar-refractivity contribution in [3.05, 3.63) is 130 Å². The summed E-state index contributed by atoms with van der Waals surface area (Å²) >= 11 is 10.8. The first-order valence-corrected chi connectivity index (χ1v) is 12.9.